The summed E-state index contributed by atoms with van der Waals surface area (Å²) in [5, 5.41) is 0. The van der Waals surface area contributed by atoms with Crippen molar-refractivity contribution >= 4 is 0 Å². The molecule has 0 spiro atoms. The van der Waals surface area contributed by atoms with Crippen molar-refractivity contribution in [3.8, 4) is 0 Å². The van der Waals surface area contributed by atoms with E-state index in [1.165, 1.54) is 56.9 Å². The minimum Gasteiger partial charge on any atom is -0.385 e. The Kier molecular flexibility index (Phi) is 5.87. The van der Waals surface area contributed by atoms with Crippen molar-refractivity contribution in [3.63, 3.8) is 0 Å². The predicted octanol–water partition coefficient (Wildman–Crippen LogP) is 5.73. The van der Waals surface area contributed by atoms with Crippen LogP contribution in [0.4, 0.5) is 0 Å². The van der Waals surface area contributed by atoms with E-state index in [4.69, 9.17) is 4.74 Å². The lowest BCUT2D eigenvalue weighted by atomic mass is 9.54. The zero-order valence-electron chi connectivity index (χ0n) is 14.2. The molecule has 1 aromatic carbocycles. The summed E-state index contributed by atoms with van der Waals surface area (Å²) < 4.78 is 5.23. The maximum atomic E-state index is 5.23. The van der Waals surface area contributed by atoms with Gasteiger partial charge in [-0.3, -0.25) is 0 Å². The van der Waals surface area contributed by atoms with Crippen LogP contribution >= 0.6 is 0 Å². The first-order chi connectivity index (χ1) is 10.1. The molecule has 1 unspecified atom stereocenters. The molecule has 2 rings (SSSR count). The minimum absolute atomic E-state index is 0.294. The standard InChI is InChI=1S/C20H32O/c1-19(14-8-5-9-15-19)20(2,16-10-11-17-21-3)18-12-6-4-7-13-18/h4,6-7,12-13H,5,8-11,14-17H2,1-3H3. The third-order valence-electron chi connectivity index (χ3n) is 5.98. The molecule has 1 saturated carbocycles. The van der Waals surface area contributed by atoms with Crippen LogP contribution in [0.25, 0.3) is 0 Å². The number of ether oxygens (including phenoxy) is 1. The molecular weight excluding hydrogens is 256 g/mol. The van der Waals surface area contributed by atoms with Gasteiger partial charge in [0.15, 0.2) is 0 Å². The summed E-state index contributed by atoms with van der Waals surface area (Å²) in [4.78, 5) is 0. The molecule has 1 aliphatic carbocycles. The van der Waals surface area contributed by atoms with Crippen molar-refractivity contribution < 1.29 is 4.74 Å². The van der Waals surface area contributed by atoms with Gasteiger partial charge in [-0.05, 0) is 42.1 Å². The zero-order valence-corrected chi connectivity index (χ0v) is 14.2. The lowest BCUT2D eigenvalue weighted by molar-refractivity contribution is 0.0816. The largest absolute Gasteiger partial charge is 0.385 e. The SMILES string of the molecule is COCCCCC(C)(c1ccccc1)C1(C)CCCCC1. The third kappa shape index (κ3) is 3.69. The van der Waals surface area contributed by atoms with Crippen molar-refractivity contribution in [2.45, 2.75) is 70.6 Å². The molecule has 0 radical (unpaired) electrons. The molecule has 0 amide bonds. The highest BCUT2D eigenvalue weighted by Gasteiger charge is 2.45. The summed E-state index contributed by atoms with van der Waals surface area (Å²) in [7, 11) is 1.80. The average Bonchev–Trinajstić information content (AvgIpc) is 2.53. The van der Waals surface area contributed by atoms with E-state index >= 15 is 0 Å². The maximum Gasteiger partial charge on any atom is 0.0462 e. The van der Waals surface area contributed by atoms with Crippen molar-refractivity contribution in [2.24, 2.45) is 5.41 Å². The van der Waals surface area contributed by atoms with Crippen LogP contribution in [0.3, 0.4) is 0 Å². The molecule has 1 atom stereocenters. The highest BCUT2D eigenvalue weighted by molar-refractivity contribution is 5.28. The molecule has 1 fully saturated rings. The van der Waals surface area contributed by atoms with Gasteiger partial charge in [0.05, 0.1) is 0 Å². The van der Waals surface area contributed by atoms with Crippen LogP contribution in [-0.4, -0.2) is 13.7 Å². The van der Waals surface area contributed by atoms with E-state index in [0.717, 1.165) is 6.61 Å². The van der Waals surface area contributed by atoms with E-state index in [1.807, 2.05) is 0 Å². The van der Waals surface area contributed by atoms with Crippen LogP contribution in [-0.2, 0) is 10.2 Å². The molecule has 0 saturated heterocycles. The van der Waals surface area contributed by atoms with E-state index in [0.29, 0.717) is 10.8 Å². The van der Waals surface area contributed by atoms with Gasteiger partial charge in [0.2, 0.25) is 0 Å². The van der Waals surface area contributed by atoms with Gasteiger partial charge in [-0.25, -0.2) is 0 Å². The summed E-state index contributed by atoms with van der Waals surface area (Å²) >= 11 is 0. The molecular formula is C20H32O. The number of rotatable bonds is 7. The Hall–Kier alpha value is -0.820. The third-order valence-corrected chi connectivity index (χ3v) is 5.98. The molecule has 21 heavy (non-hydrogen) atoms. The highest BCUT2D eigenvalue weighted by atomic mass is 16.5. The second-order valence-corrected chi connectivity index (χ2v) is 7.27. The fourth-order valence-corrected chi connectivity index (χ4v) is 4.21. The van der Waals surface area contributed by atoms with Gasteiger partial charge in [0.25, 0.3) is 0 Å². The summed E-state index contributed by atoms with van der Waals surface area (Å²) in [6.07, 6.45) is 10.7. The van der Waals surface area contributed by atoms with E-state index in [2.05, 4.69) is 44.2 Å². The number of unbranched alkanes of at least 4 members (excludes halogenated alkanes) is 1. The van der Waals surface area contributed by atoms with Crippen molar-refractivity contribution in [2.75, 3.05) is 13.7 Å². The van der Waals surface area contributed by atoms with Crippen molar-refractivity contribution in [1.29, 1.82) is 0 Å². The van der Waals surface area contributed by atoms with Gasteiger partial charge in [-0.2, -0.15) is 0 Å². The van der Waals surface area contributed by atoms with E-state index < -0.39 is 0 Å². The molecule has 1 aliphatic rings. The Labute approximate surface area is 131 Å². The molecule has 1 aromatic rings. The van der Waals surface area contributed by atoms with Crippen LogP contribution in [0, 0.1) is 5.41 Å². The Morgan fingerprint density at radius 2 is 1.71 bits per heavy atom. The maximum absolute atomic E-state index is 5.23. The van der Waals surface area contributed by atoms with Crippen LogP contribution in [0.1, 0.15) is 70.8 Å². The lowest BCUT2D eigenvalue weighted by Crippen LogP contribution is -2.43. The van der Waals surface area contributed by atoms with Gasteiger partial charge >= 0.3 is 0 Å². The van der Waals surface area contributed by atoms with Gasteiger partial charge in [0, 0.05) is 13.7 Å². The molecule has 1 nitrogen and oxygen atoms in total. The van der Waals surface area contributed by atoms with Gasteiger partial charge in [0.1, 0.15) is 0 Å². The predicted molar refractivity (Wildman–Crippen MR) is 90.7 cm³/mol. The second-order valence-electron chi connectivity index (χ2n) is 7.27. The number of hydrogen-bond donors (Lipinski definition) is 0. The Bertz CT molecular complexity index is 405. The van der Waals surface area contributed by atoms with E-state index in [1.54, 1.807) is 7.11 Å². The Morgan fingerprint density at radius 1 is 1.05 bits per heavy atom. The van der Waals surface area contributed by atoms with E-state index in [-0.39, 0.29) is 0 Å². The van der Waals surface area contributed by atoms with Crippen LogP contribution in [0.15, 0.2) is 30.3 Å². The Morgan fingerprint density at radius 3 is 2.33 bits per heavy atom. The zero-order chi connectivity index (χ0) is 15.2. The smallest absolute Gasteiger partial charge is 0.0462 e. The topological polar surface area (TPSA) is 9.23 Å². The highest BCUT2D eigenvalue weighted by Crippen LogP contribution is 2.53. The fraction of sp³-hybridized carbons (Fsp3) is 0.700. The Balaban J connectivity index is 2.20. The van der Waals surface area contributed by atoms with Crippen LogP contribution in [0.5, 0.6) is 0 Å². The molecule has 118 valence electrons. The summed E-state index contributed by atoms with van der Waals surface area (Å²) in [5.74, 6) is 0. The average molecular weight is 288 g/mol. The number of benzene rings is 1. The van der Waals surface area contributed by atoms with Gasteiger partial charge in [-0.15, -0.1) is 0 Å². The molecule has 0 aromatic heterocycles. The molecule has 0 bridgehead atoms. The quantitative estimate of drug-likeness (QED) is 0.582. The minimum atomic E-state index is 0.294. The van der Waals surface area contributed by atoms with Crippen LogP contribution in [0.2, 0.25) is 0 Å². The monoisotopic (exact) mass is 288 g/mol. The summed E-state index contributed by atoms with van der Waals surface area (Å²) in [6.45, 7) is 5.94. The summed E-state index contributed by atoms with van der Waals surface area (Å²) in [5.41, 5.74) is 2.27. The van der Waals surface area contributed by atoms with Crippen molar-refractivity contribution in [3.05, 3.63) is 35.9 Å². The van der Waals surface area contributed by atoms with E-state index in [9.17, 15) is 0 Å². The fourth-order valence-electron chi connectivity index (χ4n) is 4.21. The van der Waals surface area contributed by atoms with Crippen molar-refractivity contribution in [1.82, 2.24) is 0 Å². The van der Waals surface area contributed by atoms with Crippen LogP contribution < -0.4 is 0 Å². The number of methoxy groups -OCH3 is 1. The molecule has 0 heterocycles. The first kappa shape index (κ1) is 16.5. The second kappa shape index (κ2) is 7.45. The van der Waals surface area contributed by atoms with Gasteiger partial charge < -0.3 is 4.74 Å². The molecule has 1 heteroatoms. The number of hydrogen-bond acceptors (Lipinski definition) is 1. The molecule has 0 aliphatic heterocycles. The summed E-state index contributed by atoms with van der Waals surface area (Å²) in [6, 6.07) is 11.2. The van der Waals surface area contributed by atoms with Gasteiger partial charge in [-0.1, -0.05) is 69.9 Å². The lowest BCUT2D eigenvalue weighted by Gasteiger charge is -2.50. The normalized spacial score (nSPS) is 20.9. The molecule has 0 N–H and O–H groups in total. The first-order valence-electron chi connectivity index (χ1n) is 8.67. The first-order valence-corrected chi connectivity index (χ1v) is 8.67.